The summed E-state index contributed by atoms with van der Waals surface area (Å²) in [5.41, 5.74) is 0.305. The number of nitrogens with one attached hydrogen (secondary N) is 4. The predicted molar refractivity (Wildman–Crippen MR) is 166 cm³/mol. The predicted octanol–water partition coefficient (Wildman–Crippen LogP) is 5.04. The van der Waals surface area contributed by atoms with Gasteiger partial charge in [0.25, 0.3) is 23.6 Å². The summed E-state index contributed by atoms with van der Waals surface area (Å²) in [5, 5.41) is 13.1. The molecular formula is C32H22Cl2N6O4. The lowest BCUT2D eigenvalue weighted by atomic mass is 9.91. The fraction of sp³-hybridized carbons (Fsp3) is 0.125. The Bertz CT molecular complexity index is 1840. The SMILES string of the molecule is O=C1c2ccccc2NC2(C(=O)Nc3ccc(Cl)cc32)N1CCN1C(=O)c2ccccc2NC12C(=O)Nc1ccc(Cl)cc12. The van der Waals surface area contributed by atoms with E-state index in [1.165, 1.54) is 9.80 Å². The zero-order chi connectivity index (χ0) is 30.4. The minimum absolute atomic E-state index is 0.125. The number of para-hydroxylation sites is 2. The number of rotatable bonds is 3. The molecular weight excluding hydrogens is 603 g/mol. The van der Waals surface area contributed by atoms with Crippen molar-refractivity contribution in [3.63, 3.8) is 0 Å². The summed E-state index contributed by atoms with van der Waals surface area (Å²) < 4.78 is 0. The Morgan fingerprint density at radius 1 is 0.545 bits per heavy atom. The van der Waals surface area contributed by atoms with Crippen molar-refractivity contribution in [3.05, 3.63) is 117 Å². The van der Waals surface area contributed by atoms with Gasteiger partial charge in [-0.05, 0) is 60.7 Å². The highest BCUT2D eigenvalue weighted by molar-refractivity contribution is 6.31. The Labute approximate surface area is 260 Å². The molecule has 0 saturated heterocycles. The topological polar surface area (TPSA) is 123 Å². The summed E-state index contributed by atoms with van der Waals surface area (Å²) in [7, 11) is 0. The summed E-state index contributed by atoms with van der Waals surface area (Å²) in [4.78, 5) is 59.1. The molecule has 4 N–H and O–H groups in total. The van der Waals surface area contributed by atoms with Crippen molar-refractivity contribution in [2.75, 3.05) is 34.4 Å². The standard InChI is InChI=1S/C32H22Cl2N6O4/c33-17-9-11-25-21(15-17)31(29(43)35-25)37-23-7-3-1-5-19(23)27(41)39(31)13-14-40-28(42)20-6-2-4-8-24(20)38-32(40)22-16-18(34)10-12-26(22)36-30(32)44/h1-12,15-16,37-38H,13-14H2,(H,35,43)(H,36,44). The van der Waals surface area contributed by atoms with Crippen LogP contribution < -0.4 is 21.3 Å². The van der Waals surface area contributed by atoms with E-state index in [0.717, 1.165) is 0 Å². The third-order valence-corrected chi connectivity index (χ3v) is 9.16. The Morgan fingerprint density at radius 2 is 0.955 bits per heavy atom. The number of halogens is 2. The highest BCUT2D eigenvalue weighted by atomic mass is 35.5. The zero-order valence-corrected chi connectivity index (χ0v) is 24.3. The van der Waals surface area contributed by atoms with Crippen LogP contribution in [0.5, 0.6) is 0 Å². The van der Waals surface area contributed by atoms with Crippen LogP contribution in [0.1, 0.15) is 31.8 Å². The van der Waals surface area contributed by atoms with Gasteiger partial charge in [0.2, 0.25) is 11.3 Å². The average Bonchev–Trinajstić information content (AvgIpc) is 3.44. The number of benzene rings is 4. The Hall–Kier alpha value is -5.06. The molecule has 218 valence electrons. The van der Waals surface area contributed by atoms with Crippen molar-refractivity contribution in [2.24, 2.45) is 0 Å². The Kier molecular flexibility index (Phi) is 5.56. The van der Waals surface area contributed by atoms with Gasteiger partial charge >= 0.3 is 0 Å². The first-order valence-corrected chi connectivity index (χ1v) is 14.6. The van der Waals surface area contributed by atoms with Crippen LogP contribution in [0, 0.1) is 0 Å². The first kappa shape index (κ1) is 26.6. The van der Waals surface area contributed by atoms with Crippen molar-refractivity contribution in [1.82, 2.24) is 9.80 Å². The summed E-state index contributed by atoms with van der Waals surface area (Å²) in [6.07, 6.45) is 0. The van der Waals surface area contributed by atoms with E-state index < -0.39 is 35.0 Å². The molecule has 4 heterocycles. The van der Waals surface area contributed by atoms with Crippen molar-refractivity contribution in [2.45, 2.75) is 11.3 Å². The molecule has 4 aromatic rings. The van der Waals surface area contributed by atoms with Gasteiger partial charge in [0.05, 0.1) is 11.1 Å². The first-order chi connectivity index (χ1) is 21.2. The van der Waals surface area contributed by atoms with Crippen molar-refractivity contribution < 1.29 is 19.2 Å². The number of fused-ring (bicyclic) bond motifs is 6. The number of nitrogens with zero attached hydrogens (tertiary/aromatic N) is 2. The lowest BCUT2D eigenvalue weighted by Gasteiger charge is -2.48. The number of hydrogen-bond donors (Lipinski definition) is 4. The number of carbonyl (C=O) groups excluding carboxylic acids is 4. The van der Waals surface area contributed by atoms with Crippen LogP contribution in [0.2, 0.25) is 10.0 Å². The van der Waals surface area contributed by atoms with E-state index in [2.05, 4.69) is 21.3 Å². The van der Waals surface area contributed by atoms with E-state index in [0.29, 0.717) is 55.0 Å². The molecule has 10 nitrogen and oxygen atoms in total. The molecule has 44 heavy (non-hydrogen) atoms. The molecule has 4 aliphatic heterocycles. The van der Waals surface area contributed by atoms with Crippen LogP contribution in [-0.2, 0) is 20.9 Å². The second-order valence-corrected chi connectivity index (χ2v) is 11.8. The van der Waals surface area contributed by atoms with Gasteiger partial charge < -0.3 is 31.1 Å². The van der Waals surface area contributed by atoms with Gasteiger partial charge in [-0.15, -0.1) is 0 Å². The van der Waals surface area contributed by atoms with Crippen molar-refractivity contribution in [3.8, 4) is 0 Å². The molecule has 4 amide bonds. The molecule has 2 spiro atoms. The van der Waals surface area contributed by atoms with Crippen LogP contribution in [0.15, 0.2) is 84.9 Å². The summed E-state index contributed by atoms with van der Waals surface area (Å²) in [6.45, 7) is -0.250. The second kappa shape index (κ2) is 9.22. The van der Waals surface area contributed by atoms with Gasteiger partial charge in [-0.1, -0.05) is 47.5 Å². The molecule has 12 heteroatoms. The quantitative estimate of drug-likeness (QED) is 0.253. The van der Waals surface area contributed by atoms with E-state index in [4.69, 9.17) is 23.2 Å². The van der Waals surface area contributed by atoms with Gasteiger partial charge in [-0.2, -0.15) is 0 Å². The smallest absolute Gasteiger partial charge is 0.276 e. The van der Waals surface area contributed by atoms with Gasteiger partial charge in [-0.3, -0.25) is 19.2 Å². The monoisotopic (exact) mass is 624 g/mol. The van der Waals surface area contributed by atoms with Gasteiger partial charge in [-0.25, -0.2) is 0 Å². The van der Waals surface area contributed by atoms with Crippen LogP contribution in [-0.4, -0.2) is 46.5 Å². The molecule has 0 fully saturated rings. The normalized spacial score (nSPS) is 22.6. The van der Waals surface area contributed by atoms with Crippen molar-refractivity contribution in [1.29, 1.82) is 0 Å². The molecule has 0 radical (unpaired) electrons. The summed E-state index contributed by atoms with van der Waals surface area (Å²) >= 11 is 12.8. The van der Waals surface area contributed by atoms with E-state index in [1.54, 1.807) is 84.9 Å². The van der Waals surface area contributed by atoms with Crippen molar-refractivity contribution >= 4 is 69.6 Å². The minimum Gasteiger partial charge on any atom is -0.350 e. The maximum atomic E-state index is 14.2. The number of amides is 4. The Balaban J connectivity index is 1.27. The maximum Gasteiger partial charge on any atom is 0.276 e. The molecule has 8 rings (SSSR count). The van der Waals surface area contributed by atoms with E-state index >= 15 is 0 Å². The third kappa shape index (κ3) is 3.43. The van der Waals surface area contributed by atoms with E-state index in [-0.39, 0.29) is 13.1 Å². The van der Waals surface area contributed by atoms with Gasteiger partial charge in [0, 0.05) is 57.0 Å². The number of carbonyl (C=O) groups is 4. The lowest BCUT2D eigenvalue weighted by molar-refractivity contribution is -0.127. The molecule has 0 aliphatic carbocycles. The van der Waals surface area contributed by atoms with E-state index in [9.17, 15) is 19.2 Å². The van der Waals surface area contributed by atoms with Crippen LogP contribution >= 0.6 is 23.2 Å². The molecule has 2 atom stereocenters. The molecule has 4 aliphatic rings. The fourth-order valence-electron chi connectivity index (χ4n) is 6.72. The van der Waals surface area contributed by atoms with Crippen LogP contribution in [0.4, 0.5) is 22.7 Å². The molecule has 0 saturated carbocycles. The molecule has 0 aromatic heterocycles. The highest BCUT2D eigenvalue weighted by Crippen LogP contribution is 2.48. The largest absolute Gasteiger partial charge is 0.350 e. The average molecular weight is 625 g/mol. The highest BCUT2D eigenvalue weighted by Gasteiger charge is 2.59. The van der Waals surface area contributed by atoms with Gasteiger partial charge in [0.15, 0.2) is 0 Å². The van der Waals surface area contributed by atoms with Crippen LogP contribution in [0.3, 0.4) is 0 Å². The van der Waals surface area contributed by atoms with E-state index in [1.807, 2.05) is 0 Å². The molecule has 2 unspecified atom stereocenters. The third-order valence-electron chi connectivity index (χ3n) is 8.69. The first-order valence-electron chi connectivity index (χ1n) is 13.9. The van der Waals surface area contributed by atoms with Gasteiger partial charge in [0.1, 0.15) is 0 Å². The molecule has 0 bridgehead atoms. The molecule has 4 aromatic carbocycles. The zero-order valence-electron chi connectivity index (χ0n) is 22.8. The minimum atomic E-state index is -1.66. The summed E-state index contributed by atoms with van der Waals surface area (Å²) in [6, 6.07) is 23.8. The number of anilines is 4. The lowest BCUT2D eigenvalue weighted by Crippen LogP contribution is -2.65. The number of hydrogen-bond acceptors (Lipinski definition) is 6. The fourth-order valence-corrected chi connectivity index (χ4v) is 7.06. The maximum absolute atomic E-state index is 14.2. The summed E-state index contributed by atoms with van der Waals surface area (Å²) in [5.74, 6) is -1.80. The van der Waals surface area contributed by atoms with Crippen LogP contribution in [0.25, 0.3) is 0 Å². The Morgan fingerprint density at radius 3 is 1.39 bits per heavy atom. The second-order valence-electron chi connectivity index (χ2n) is 11.0.